The van der Waals surface area contributed by atoms with Crippen LogP contribution in [0.4, 0.5) is 5.13 Å². The molecule has 1 aromatic heterocycles. The minimum atomic E-state index is 0.689. The summed E-state index contributed by atoms with van der Waals surface area (Å²) in [6, 6.07) is 0.689. The standard InChI is InChI=1S/C12H21N3S/c1-9(2)11-5-4-6-15(11)12-14-10(7-13-3)8-16-12/h8-9,11,13H,4-7H2,1-3H3. The normalized spacial score (nSPS) is 21.0. The monoisotopic (exact) mass is 239 g/mol. The van der Waals surface area contributed by atoms with Crippen LogP contribution in [0.25, 0.3) is 0 Å². The summed E-state index contributed by atoms with van der Waals surface area (Å²) in [4.78, 5) is 7.19. The molecule has 0 saturated carbocycles. The van der Waals surface area contributed by atoms with Crippen molar-refractivity contribution in [2.75, 3.05) is 18.5 Å². The van der Waals surface area contributed by atoms with E-state index in [-0.39, 0.29) is 0 Å². The number of hydrogen-bond donors (Lipinski definition) is 1. The molecule has 2 rings (SSSR count). The highest BCUT2D eigenvalue weighted by molar-refractivity contribution is 7.13. The Morgan fingerprint density at radius 1 is 1.62 bits per heavy atom. The molecule has 0 aromatic carbocycles. The Hall–Kier alpha value is -0.610. The Labute approximate surface area is 102 Å². The Bertz CT molecular complexity index is 335. The van der Waals surface area contributed by atoms with Crippen molar-refractivity contribution in [3.05, 3.63) is 11.1 Å². The average molecular weight is 239 g/mol. The maximum atomic E-state index is 4.70. The highest BCUT2D eigenvalue weighted by Gasteiger charge is 2.28. The van der Waals surface area contributed by atoms with Gasteiger partial charge in [0.2, 0.25) is 0 Å². The molecule has 1 fully saturated rings. The molecule has 0 spiro atoms. The molecule has 3 nitrogen and oxygen atoms in total. The molecule has 0 amide bonds. The Kier molecular flexibility index (Phi) is 3.82. The summed E-state index contributed by atoms with van der Waals surface area (Å²) < 4.78 is 0. The third kappa shape index (κ3) is 2.38. The second-order valence-electron chi connectivity index (χ2n) is 4.80. The first-order chi connectivity index (χ1) is 7.72. The Morgan fingerprint density at radius 3 is 3.12 bits per heavy atom. The first-order valence-corrected chi connectivity index (χ1v) is 6.96. The fraction of sp³-hybridized carbons (Fsp3) is 0.750. The van der Waals surface area contributed by atoms with E-state index in [1.807, 2.05) is 7.05 Å². The highest BCUT2D eigenvalue weighted by Crippen LogP contribution is 2.31. The van der Waals surface area contributed by atoms with E-state index in [1.54, 1.807) is 11.3 Å². The molecule has 1 aliphatic rings. The molecule has 2 heterocycles. The van der Waals surface area contributed by atoms with Crippen LogP contribution in [0.15, 0.2) is 5.38 Å². The molecule has 1 saturated heterocycles. The number of anilines is 1. The number of nitrogens with one attached hydrogen (secondary N) is 1. The number of aromatic nitrogens is 1. The lowest BCUT2D eigenvalue weighted by Crippen LogP contribution is -2.33. The van der Waals surface area contributed by atoms with Crippen molar-refractivity contribution >= 4 is 16.5 Å². The summed E-state index contributed by atoms with van der Waals surface area (Å²) in [5.41, 5.74) is 1.16. The van der Waals surface area contributed by atoms with Gasteiger partial charge in [-0.1, -0.05) is 13.8 Å². The quantitative estimate of drug-likeness (QED) is 0.875. The van der Waals surface area contributed by atoms with Gasteiger partial charge in [-0.15, -0.1) is 11.3 Å². The van der Waals surface area contributed by atoms with Gasteiger partial charge in [-0.3, -0.25) is 0 Å². The van der Waals surface area contributed by atoms with Gasteiger partial charge in [0.1, 0.15) is 0 Å². The minimum Gasteiger partial charge on any atom is -0.345 e. The summed E-state index contributed by atoms with van der Waals surface area (Å²) >= 11 is 1.78. The van der Waals surface area contributed by atoms with Crippen molar-refractivity contribution in [3.8, 4) is 0 Å². The van der Waals surface area contributed by atoms with Crippen LogP contribution in [0.5, 0.6) is 0 Å². The average Bonchev–Trinajstić information content (AvgIpc) is 2.83. The summed E-state index contributed by atoms with van der Waals surface area (Å²) in [6.45, 7) is 6.67. The largest absolute Gasteiger partial charge is 0.345 e. The zero-order chi connectivity index (χ0) is 11.5. The molecule has 16 heavy (non-hydrogen) atoms. The van der Waals surface area contributed by atoms with Gasteiger partial charge in [-0.2, -0.15) is 0 Å². The highest BCUT2D eigenvalue weighted by atomic mass is 32.1. The fourth-order valence-corrected chi connectivity index (χ4v) is 3.32. The molecular weight excluding hydrogens is 218 g/mol. The van der Waals surface area contributed by atoms with Crippen LogP contribution in [0.1, 0.15) is 32.4 Å². The number of hydrogen-bond acceptors (Lipinski definition) is 4. The summed E-state index contributed by atoms with van der Waals surface area (Å²) in [6.07, 6.45) is 2.63. The van der Waals surface area contributed by atoms with Gasteiger partial charge >= 0.3 is 0 Å². The predicted molar refractivity (Wildman–Crippen MR) is 70.1 cm³/mol. The van der Waals surface area contributed by atoms with Gasteiger partial charge in [0, 0.05) is 24.5 Å². The van der Waals surface area contributed by atoms with Gasteiger partial charge in [0.05, 0.1) is 5.69 Å². The van der Waals surface area contributed by atoms with Gasteiger partial charge in [-0.05, 0) is 25.8 Å². The lowest BCUT2D eigenvalue weighted by atomic mass is 10.0. The van der Waals surface area contributed by atoms with E-state index in [9.17, 15) is 0 Å². The van der Waals surface area contributed by atoms with Crippen molar-refractivity contribution in [2.45, 2.75) is 39.3 Å². The fourth-order valence-electron chi connectivity index (χ4n) is 2.41. The molecule has 90 valence electrons. The van der Waals surface area contributed by atoms with Gasteiger partial charge in [-0.25, -0.2) is 4.98 Å². The van der Waals surface area contributed by atoms with Gasteiger partial charge in [0.25, 0.3) is 0 Å². The Balaban J connectivity index is 2.10. The van der Waals surface area contributed by atoms with Crippen molar-refractivity contribution in [2.24, 2.45) is 5.92 Å². The lowest BCUT2D eigenvalue weighted by Gasteiger charge is -2.27. The van der Waals surface area contributed by atoms with Gasteiger partial charge in [0.15, 0.2) is 5.13 Å². The molecule has 0 bridgehead atoms. The predicted octanol–water partition coefficient (Wildman–Crippen LogP) is 2.49. The Morgan fingerprint density at radius 2 is 2.44 bits per heavy atom. The van der Waals surface area contributed by atoms with Crippen LogP contribution < -0.4 is 10.2 Å². The zero-order valence-corrected chi connectivity index (χ0v) is 11.2. The molecule has 1 unspecified atom stereocenters. The van der Waals surface area contributed by atoms with Crippen molar-refractivity contribution < 1.29 is 0 Å². The zero-order valence-electron chi connectivity index (χ0n) is 10.4. The SMILES string of the molecule is CNCc1csc(N2CCCC2C(C)C)n1. The molecule has 4 heteroatoms. The summed E-state index contributed by atoms with van der Waals surface area (Å²) in [5.74, 6) is 0.721. The van der Waals surface area contributed by atoms with Crippen LogP contribution in [0.2, 0.25) is 0 Å². The third-order valence-electron chi connectivity index (χ3n) is 3.21. The molecule has 1 atom stereocenters. The van der Waals surface area contributed by atoms with E-state index >= 15 is 0 Å². The summed E-state index contributed by atoms with van der Waals surface area (Å²) in [5, 5.41) is 6.53. The third-order valence-corrected chi connectivity index (χ3v) is 4.14. The minimum absolute atomic E-state index is 0.689. The van der Waals surface area contributed by atoms with Crippen molar-refractivity contribution in [1.82, 2.24) is 10.3 Å². The lowest BCUT2D eigenvalue weighted by molar-refractivity contribution is 0.491. The number of rotatable bonds is 4. The maximum absolute atomic E-state index is 4.70. The summed E-state index contributed by atoms with van der Waals surface area (Å²) in [7, 11) is 1.96. The molecule has 1 aliphatic heterocycles. The first-order valence-electron chi connectivity index (χ1n) is 6.08. The first kappa shape index (κ1) is 11.9. The second kappa shape index (κ2) is 5.15. The van der Waals surface area contributed by atoms with Crippen LogP contribution >= 0.6 is 11.3 Å². The van der Waals surface area contributed by atoms with E-state index in [1.165, 1.54) is 24.5 Å². The number of nitrogens with zero attached hydrogens (tertiary/aromatic N) is 2. The maximum Gasteiger partial charge on any atom is 0.185 e. The molecule has 1 N–H and O–H groups in total. The van der Waals surface area contributed by atoms with E-state index in [4.69, 9.17) is 4.98 Å². The van der Waals surface area contributed by atoms with Crippen LogP contribution in [-0.4, -0.2) is 24.6 Å². The second-order valence-corrected chi connectivity index (χ2v) is 5.64. The van der Waals surface area contributed by atoms with Crippen LogP contribution in [0, 0.1) is 5.92 Å². The van der Waals surface area contributed by atoms with Gasteiger partial charge < -0.3 is 10.2 Å². The van der Waals surface area contributed by atoms with Crippen LogP contribution in [-0.2, 0) is 6.54 Å². The van der Waals surface area contributed by atoms with E-state index in [0.717, 1.165) is 18.2 Å². The van der Waals surface area contributed by atoms with Crippen LogP contribution in [0.3, 0.4) is 0 Å². The van der Waals surface area contributed by atoms with E-state index < -0.39 is 0 Å². The molecule has 1 aromatic rings. The van der Waals surface area contributed by atoms with Crippen molar-refractivity contribution in [3.63, 3.8) is 0 Å². The smallest absolute Gasteiger partial charge is 0.185 e. The topological polar surface area (TPSA) is 28.2 Å². The molecule has 0 aliphatic carbocycles. The van der Waals surface area contributed by atoms with E-state index in [0.29, 0.717) is 6.04 Å². The number of thiazole rings is 1. The van der Waals surface area contributed by atoms with E-state index in [2.05, 4.69) is 29.4 Å². The molecule has 0 radical (unpaired) electrons. The van der Waals surface area contributed by atoms with Crippen molar-refractivity contribution in [1.29, 1.82) is 0 Å². The molecular formula is C12H21N3S.